The zero-order valence-corrected chi connectivity index (χ0v) is 9.79. The van der Waals surface area contributed by atoms with Gasteiger partial charge in [-0.3, -0.25) is 0 Å². The maximum Gasteiger partial charge on any atom is 0.244 e. The van der Waals surface area contributed by atoms with Gasteiger partial charge in [-0.05, 0) is 25.0 Å². The average Bonchev–Trinajstić information content (AvgIpc) is 3.00. The van der Waals surface area contributed by atoms with Crippen molar-refractivity contribution in [3.05, 3.63) is 23.5 Å². The molecule has 15 heavy (non-hydrogen) atoms. The zero-order valence-electron chi connectivity index (χ0n) is 8.22. The van der Waals surface area contributed by atoms with Crippen LogP contribution in [0.2, 0.25) is 5.15 Å². The maximum absolute atomic E-state index is 12.0. The quantitative estimate of drug-likeness (QED) is 0.760. The van der Waals surface area contributed by atoms with Crippen LogP contribution in [0.5, 0.6) is 0 Å². The lowest BCUT2D eigenvalue weighted by Gasteiger charge is -2.15. The van der Waals surface area contributed by atoms with Gasteiger partial charge in [-0.25, -0.2) is 13.4 Å². The Morgan fingerprint density at radius 2 is 2.13 bits per heavy atom. The Hall–Kier alpha value is -0.650. The van der Waals surface area contributed by atoms with E-state index in [9.17, 15) is 8.42 Å². The van der Waals surface area contributed by atoms with Crippen LogP contribution in [-0.4, -0.2) is 30.8 Å². The summed E-state index contributed by atoms with van der Waals surface area (Å²) in [5, 5.41) is 0.294. The summed E-state index contributed by atoms with van der Waals surface area (Å²) in [4.78, 5) is 3.96. The van der Waals surface area contributed by atoms with Crippen LogP contribution in [0.15, 0.2) is 23.2 Å². The highest BCUT2D eigenvalue weighted by molar-refractivity contribution is 7.89. The van der Waals surface area contributed by atoms with E-state index in [4.69, 9.17) is 11.6 Å². The average molecular weight is 247 g/mol. The van der Waals surface area contributed by atoms with Crippen LogP contribution >= 0.6 is 11.6 Å². The molecule has 0 atom stereocenters. The van der Waals surface area contributed by atoms with E-state index in [0.717, 1.165) is 12.8 Å². The minimum Gasteiger partial charge on any atom is -0.243 e. The number of aromatic nitrogens is 1. The first-order valence-electron chi connectivity index (χ1n) is 4.61. The van der Waals surface area contributed by atoms with Crippen LogP contribution in [0.3, 0.4) is 0 Å². The molecule has 0 bridgehead atoms. The molecule has 1 aliphatic rings. The summed E-state index contributed by atoms with van der Waals surface area (Å²) >= 11 is 5.60. The van der Waals surface area contributed by atoms with Gasteiger partial charge in [-0.15, -0.1) is 0 Å². The monoisotopic (exact) mass is 246 g/mol. The SMILES string of the molecule is CN(C1CC1)S(=O)(=O)c1ccc(Cl)nc1. The summed E-state index contributed by atoms with van der Waals surface area (Å²) in [5.74, 6) is 0. The Labute approximate surface area is 93.9 Å². The highest BCUT2D eigenvalue weighted by atomic mass is 35.5. The molecule has 2 rings (SSSR count). The summed E-state index contributed by atoms with van der Waals surface area (Å²) < 4.78 is 25.3. The first-order valence-corrected chi connectivity index (χ1v) is 6.43. The maximum atomic E-state index is 12.0. The standard InChI is InChI=1S/C9H11ClN2O2S/c1-12(7-2-3-7)15(13,14)8-4-5-9(10)11-6-8/h4-7H,2-3H2,1H3. The normalized spacial score (nSPS) is 17.0. The van der Waals surface area contributed by atoms with Crippen molar-refractivity contribution in [1.29, 1.82) is 0 Å². The summed E-state index contributed by atoms with van der Waals surface area (Å²) in [6.07, 6.45) is 3.17. The summed E-state index contributed by atoms with van der Waals surface area (Å²) in [5.41, 5.74) is 0. The molecule has 0 unspecified atom stereocenters. The summed E-state index contributed by atoms with van der Waals surface area (Å²) in [6.45, 7) is 0. The van der Waals surface area contributed by atoms with Gasteiger partial charge in [-0.1, -0.05) is 11.6 Å². The number of hydrogen-bond donors (Lipinski definition) is 0. The van der Waals surface area contributed by atoms with Crippen LogP contribution in [0.4, 0.5) is 0 Å². The fraction of sp³-hybridized carbons (Fsp3) is 0.444. The minimum atomic E-state index is -3.38. The number of sulfonamides is 1. The molecule has 82 valence electrons. The van der Waals surface area contributed by atoms with E-state index in [1.807, 2.05) is 0 Å². The van der Waals surface area contributed by atoms with Gasteiger partial charge in [0.2, 0.25) is 10.0 Å². The molecule has 0 saturated heterocycles. The molecular formula is C9H11ClN2O2S. The minimum absolute atomic E-state index is 0.158. The van der Waals surface area contributed by atoms with Gasteiger partial charge in [0, 0.05) is 19.3 Å². The molecular weight excluding hydrogens is 236 g/mol. The van der Waals surface area contributed by atoms with E-state index in [1.54, 1.807) is 7.05 Å². The molecule has 0 N–H and O–H groups in total. The van der Waals surface area contributed by atoms with Gasteiger partial charge in [0.25, 0.3) is 0 Å². The number of rotatable bonds is 3. The smallest absolute Gasteiger partial charge is 0.243 e. The fourth-order valence-corrected chi connectivity index (χ4v) is 2.79. The second-order valence-corrected chi connectivity index (χ2v) is 5.95. The predicted molar refractivity (Wildman–Crippen MR) is 57.2 cm³/mol. The van der Waals surface area contributed by atoms with Crippen molar-refractivity contribution in [3.63, 3.8) is 0 Å². The van der Waals surface area contributed by atoms with Gasteiger partial charge in [0.05, 0.1) is 0 Å². The Balaban J connectivity index is 2.32. The Morgan fingerprint density at radius 1 is 1.47 bits per heavy atom. The second-order valence-electron chi connectivity index (χ2n) is 3.57. The molecule has 4 nitrogen and oxygen atoms in total. The molecule has 0 spiro atoms. The lowest BCUT2D eigenvalue weighted by molar-refractivity contribution is 0.464. The van der Waals surface area contributed by atoms with Crippen molar-refractivity contribution in [3.8, 4) is 0 Å². The van der Waals surface area contributed by atoms with Gasteiger partial charge in [0.15, 0.2) is 0 Å². The van der Waals surface area contributed by atoms with E-state index < -0.39 is 10.0 Å². The molecule has 1 fully saturated rings. The van der Waals surface area contributed by atoms with Crippen LogP contribution in [0.1, 0.15) is 12.8 Å². The molecule has 1 aliphatic carbocycles. The first kappa shape index (κ1) is 10.9. The summed E-state index contributed by atoms with van der Waals surface area (Å²) in [6, 6.07) is 3.12. The molecule has 0 aliphatic heterocycles. The van der Waals surface area contributed by atoms with Crippen molar-refractivity contribution in [1.82, 2.24) is 9.29 Å². The van der Waals surface area contributed by atoms with Gasteiger partial charge in [-0.2, -0.15) is 4.31 Å². The van der Waals surface area contributed by atoms with E-state index in [2.05, 4.69) is 4.98 Å². The highest BCUT2D eigenvalue weighted by Gasteiger charge is 2.35. The van der Waals surface area contributed by atoms with Crippen molar-refractivity contribution in [2.24, 2.45) is 0 Å². The van der Waals surface area contributed by atoms with Crippen LogP contribution < -0.4 is 0 Å². The van der Waals surface area contributed by atoms with Crippen molar-refractivity contribution >= 4 is 21.6 Å². The third-order valence-electron chi connectivity index (χ3n) is 2.44. The van der Waals surface area contributed by atoms with Crippen molar-refractivity contribution in [2.45, 2.75) is 23.8 Å². The van der Waals surface area contributed by atoms with E-state index in [0.29, 0.717) is 5.15 Å². The lowest BCUT2D eigenvalue weighted by Crippen LogP contribution is -2.28. The van der Waals surface area contributed by atoms with Crippen molar-refractivity contribution in [2.75, 3.05) is 7.05 Å². The van der Waals surface area contributed by atoms with Crippen LogP contribution in [0.25, 0.3) is 0 Å². The molecule has 1 saturated carbocycles. The van der Waals surface area contributed by atoms with Crippen LogP contribution in [-0.2, 0) is 10.0 Å². The molecule has 1 aromatic rings. The van der Waals surface area contributed by atoms with Gasteiger partial charge >= 0.3 is 0 Å². The van der Waals surface area contributed by atoms with Gasteiger partial charge < -0.3 is 0 Å². The highest BCUT2D eigenvalue weighted by Crippen LogP contribution is 2.30. The van der Waals surface area contributed by atoms with Crippen LogP contribution in [0, 0.1) is 0 Å². The third kappa shape index (κ3) is 2.14. The number of halogens is 1. The number of pyridine rings is 1. The third-order valence-corrected chi connectivity index (χ3v) is 4.56. The molecule has 0 aromatic carbocycles. The molecule has 1 heterocycles. The molecule has 1 aromatic heterocycles. The Kier molecular flexibility index (Phi) is 2.70. The molecule has 6 heteroatoms. The van der Waals surface area contributed by atoms with Gasteiger partial charge in [0.1, 0.15) is 10.0 Å². The topological polar surface area (TPSA) is 50.3 Å². The van der Waals surface area contributed by atoms with E-state index in [1.165, 1.54) is 22.6 Å². The Morgan fingerprint density at radius 3 is 2.60 bits per heavy atom. The number of hydrogen-bond acceptors (Lipinski definition) is 3. The predicted octanol–water partition coefficient (Wildman–Crippen LogP) is 1.52. The zero-order chi connectivity index (χ0) is 11.1. The molecule has 0 amide bonds. The lowest BCUT2D eigenvalue weighted by atomic mass is 10.5. The van der Waals surface area contributed by atoms with Crippen molar-refractivity contribution < 1.29 is 8.42 Å². The number of nitrogens with zero attached hydrogens (tertiary/aromatic N) is 2. The second kappa shape index (κ2) is 3.73. The first-order chi connectivity index (χ1) is 7.01. The molecule has 0 radical (unpaired) electrons. The summed E-state index contributed by atoms with van der Waals surface area (Å²) in [7, 11) is -1.78. The van der Waals surface area contributed by atoms with E-state index in [-0.39, 0.29) is 10.9 Å². The largest absolute Gasteiger partial charge is 0.244 e. The fourth-order valence-electron chi connectivity index (χ4n) is 1.32. The Bertz CT molecular complexity index is 454. The van der Waals surface area contributed by atoms with E-state index >= 15 is 0 Å².